The molecule has 0 saturated carbocycles. The fourth-order valence-electron chi connectivity index (χ4n) is 2.34. The third kappa shape index (κ3) is 3.28. The van der Waals surface area contributed by atoms with Crippen LogP contribution in [-0.2, 0) is 12.7 Å². The Balaban J connectivity index is 1.87. The molecule has 25 heavy (non-hydrogen) atoms. The Morgan fingerprint density at radius 2 is 1.88 bits per heavy atom. The number of ether oxygens (including phenoxy) is 2. The summed E-state index contributed by atoms with van der Waals surface area (Å²) in [6.07, 6.45) is -4.64. The minimum atomic E-state index is -4.64. The molecule has 3 rings (SSSR count). The van der Waals surface area contributed by atoms with E-state index in [1.807, 2.05) is 6.07 Å². The molecule has 0 aliphatic rings. The molecule has 3 aromatic rings. The van der Waals surface area contributed by atoms with Gasteiger partial charge in [-0.05, 0) is 18.2 Å². The standard InChI is InChI=1S/C15H14F3N5O2/c1-24-10-5-3-4-9(13(10)25-2)8-19-11-6-7-12-20-21-14(15(16,17)18)23(12)22-11/h3-7H,8H2,1-2H3,(H,19,22). The van der Waals surface area contributed by atoms with Crippen LogP contribution >= 0.6 is 0 Å². The molecule has 0 aliphatic carbocycles. The van der Waals surface area contributed by atoms with Gasteiger partial charge in [0.1, 0.15) is 5.82 Å². The van der Waals surface area contributed by atoms with E-state index in [0.717, 1.165) is 5.56 Å². The Labute approximate surface area is 140 Å². The normalized spacial score (nSPS) is 11.6. The molecular weight excluding hydrogens is 339 g/mol. The predicted molar refractivity (Wildman–Crippen MR) is 82.7 cm³/mol. The Kier molecular flexibility index (Phi) is 4.34. The van der Waals surface area contributed by atoms with Crippen LogP contribution < -0.4 is 14.8 Å². The van der Waals surface area contributed by atoms with Gasteiger partial charge in [-0.1, -0.05) is 12.1 Å². The summed E-state index contributed by atoms with van der Waals surface area (Å²) in [7, 11) is 3.04. The Morgan fingerprint density at radius 3 is 2.56 bits per heavy atom. The number of methoxy groups -OCH3 is 2. The SMILES string of the molecule is COc1cccc(CNc2ccc3nnc(C(F)(F)F)n3n2)c1OC. The molecular formula is C15H14F3N5O2. The molecule has 1 N–H and O–H groups in total. The molecule has 1 aromatic carbocycles. The molecule has 132 valence electrons. The number of nitrogens with one attached hydrogen (secondary N) is 1. The van der Waals surface area contributed by atoms with E-state index in [9.17, 15) is 13.2 Å². The van der Waals surface area contributed by atoms with Gasteiger partial charge in [0.05, 0.1) is 14.2 Å². The summed E-state index contributed by atoms with van der Waals surface area (Å²) >= 11 is 0. The molecule has 0 unspecified atom stereocenters. The van der Waals surface area contributed by atoms with Crippen molar-refractivity contribution in [2.24, 2.45) is 0 Å². The molecule has 0 atom stereocenters. The van der Waals surface area contributed by atoms with Gasteiger partial charge in [-0.3, -0.25) is 0 Å². The molecule has 0 aliphatic heterocycles. The smallest absolute Gasteiger partial charge is 0.453 e. The number of nitrogens with zero attached hydrogens (tertiary/aromatic N) is 4. The highest BCUT2D eigenvalue weighted by molar-refractivity contribution is 5.49. The van der Waals surface area contributed by atoms with Crippen molar-refractivity contribution in [2.75, 3.05) is 19.5 Å². The second kappa shape index (κ2) is 6.46. The summed E-state index contributed by atoms with van der Waals surface area (Å²) < 4.78 is 49.9. The van der Waals surface area contributed by atoms with Gasteiger partial charge < -0.3 is 14.8 Å². The van der Waals surface area contributed by atoms with Gasteiger partial charge in [0.2, 0.25) is 0 Å². The molecule has 2 heterocycles. The second-order valence-corrected chi connectivity index (χ2v) is 5.02. The van der Waals surface area contributed by atoms with Crippen LogP contribution in [0.25, 0.3) is 5.65 Å². The zero-order valence-electron chi connectivity index (χ0n) is 13.3. The maximum absolute atomic E-state index is 12.9. The van der Waals surface area contributed by atoms with Crippen LogP contribution in [0.2, 0.25) is 0 Å². The van der Waals surface area contributed by atoms with Crippen molar-refractivity contribution in [1.82, 2.24) is 19.8 Å². The first-order chi connectivity index (χ1) is 11.9. The van der Waals surface area contributed by atoms with Crippen molar-refractivity contribution in [2.45, 2.75) is 12.7 Å². The lowest BCUT2D eigenvalue weighted by atomic mass is 10.2. The van der Waals surface area contributed by atoms with Gasteiger partial charge in [-0.15, -0.1) is 15.3 Å². The van der Waals surface area contributed by atoms with Crippen molar-refractivity contribution in [3.63, 3.8) is 0 Å². The zero-order valence-corrected chi connectivity index (χ0v) is 13.3. The van der Waals surface area contributed by atoms with Gasteiger partial charge in [-0.2, -0.15) is 17.7 Å². The number of aromatic nitrogens is 4. The van der Waals surface area contributed by atoms with Crippen molar-refractivity contribution in [3.8, 4) is 11.5 Å². The highest BCUT2D eigenvalue weighted by Gasteiger charge is 2.37. The first-order valence-corrected chi connectivity index (χ1v) is 7.17. The predicted octanol–water partition coefficient (Wildman–Crippen LogP) is 2.77. The molecule has 0 bridgehead atoms. The topological polar surface area (TPSA) is 73.6 Å². The number of para-hydroxylation sites is 1. The fourth-order valence-corrected chi connectivity index (χ4v) is 2.34. The van der Waals surface area contributed by atoms with E-state index in [1.165, 1.54) is 26.4 Å². The summed E-state index contributed by atoms with van der Waals surface area (Å²) in [6, 6.07) is 8.28. The molecule has 0 radical (unpaired) electrons. The average Bonchev–Trinajstić information content (AvgIpc) is 3.02. The van der Waals surface area contributed by atoms with Crippen LogP contribution in [0.5, 0.6) is 11.5 Å². The van der Waals surface area contributed by atoms with E-state index >= 15 is 0 Å². The molecule has 0 saturated heterocycles. The number of benzene rings is 1. The van der Waals surface area contributed by atoms with Gasteiger partial charge >= 0.3 is 6.18 Å². The van der Waals surface area contributed by atoms with E-state index < -0.39 is 12.0 Å². The molecule has 0 fully saturated rings. The third-order valence-electron chi connectivity index (χ3n) is 3.46. The van der Waals surface area contributed by atoms with Crippen LogP contribution in [0.1, 0.15) is 11.4 Å². The lowest BCUT2D eigenvalue weighted by molar-refractivity contribution is -0.146. The monoisotopic (exact) mass is 353 g/mol. The van der Waals surface area contributed by atoms with Gasteiger partial charge in [0.15, 0.2) is 17.1 Å². The van der Waals surface area contributed by atoms with Crippen molar-refractivity contribution < 1.29 is 22.6 Å². The van der Waals surface area contributed by atoms with E-state index in [1.54, 1.807) is 12.1 Å². The van der Waals surface area contributed by atoms with Crippen LogP contribution in [0.4, 0.5) is 19.0 Å². The Morgan fingerprint density at radius 1 is 1.08 bits per heavy atom. The van der Waals surface area contributed by atoms with E-state index in [4.69, 9.17) is 9.47 Å². The van der Waals surface area contributed by atoms with Crippen LogP contribution in [0, 0.1) is 0 Å². The minimum absolute atomic E-state index is 0.0110. The quantitative estimate of drug-likeness (QED) is 0.760. The van der Waals surface area contributed by atoms with Crippen LogP contribution in [0.15, 0.2) is 30.3 Å². The highest BCUT2D eigenvalue weighted by atomic mass is 19.4. The first-order valence-electron chi connectivity index (χ1n) is 7.17. The summed E-state index contributed by atoms with van der Waals surface area (Å²) in [5, 5.41) is 13.5. The minimum Gasteiger partial charge on any atom is -0.493 e. The van der Waals surface area contributed by atoms with Gasteiger partial charge in [0.25, 0.3) is 5.82 Å². The fraction of sp³-hybridized carbons (Fsp3) is 0.267. The number of hydrogen-bond donors (Lipinski definition) is 1. The molecule has 2 aromatic heterocycles. The molecule has 0 spiro atoms. The number of anilines is 1. The summed E-state index contributed by atoms with van der Waals surface area (Å²) in [4.78, 5) is 0. The molecule has 10 heteroatoms. The Hall–Kier alpha value is -3.04. The van der Waals surface area contributed by atoms with Gasteiger partial charge in [-0.25, -0.2) is 0 Å². The van der Waals surface area contributed by atoms with E-state index in [2.05, 4.69) is 20.6 Å². The highest BCUT2D eigenvalue weighted by Crippen LogP contribution is 2.31. The number of fused-ring (bicyclic) bond motifs is 1. The molecule has 0 amide bonds. The maximum atomic E-state index is 12.9. The van der Waals surface area contributed by atoms with Crippen molar-refractivity contribution in [1.29, 1.82) is 0 Å². The second-order valence-electron chi connectivity index (χ2n) is 5.02. The van der Waals surface area contributed by atoms with Crippen molar-refractivity contribution >= 4 is 11.5 Å². The number of hydrogen-bond acceptors (Lipinski definition) is 6. The maximum Gasteiger partial charge on any atom is 0.453 e. The van der Waals surface area contributed by atoms with Crippen LogP contribution in [-0.4, -0.2) is 34.0 Å². The van der Waals surface area contributed by atoms with E-state index in [-0.39, 0.29) is 18.0 Å². The van der Waals surface area contributed by atoms with E-state index in [0.29, 0.717) is 16.0 Å². The average molecular weight is 353 g/mol. The summed E-state index contributed by atoms with van der Waals surface area (Å²) in [6.45, 7) is 0.280. The van der Waals surface area contributed by atoms with Crippen molar-refractivity contribution in [3.05, 3.63) is 41.7 Å². The largest absolute Gasteiger partial charge is 0.493 e. The summed E-state index contributed by atoms with van der Waals surface area (Å²) in [5.41, 5.74) is 0.778. The van der Waals surface area contributed by atoms with Crippen LogP contribution in [0.3, 0.4) is 0 Å². The van der Waals surface area contributed by atoms with Gasteiger partial charge in [0, 0.05) is 12.1 Å². The molecule has 7 nitrogen and oxygen atoms in total. The summed E-state index contributed by atoms with van der Waals surface area (Å²) in [5.74, 6) is 0.162. The number of halogens is 3. The lowest BCUT2D eigenvalue weighted by Gasteiger charge is -2.13. The zero-order chi connectivity index (χ0) is 18.0. The third-order valence-corrected chi connectivity index (χ3v) is 3.46. The Bertz CT molecular complexity index is 894. The number of rotatable bonds is 5. The first kappa shape index (κ1) is 16.8. The number of alkyl halides is 3. The lowest BCUT2D eigenvalue weighted by Crippen LogP contribution is -2.13.